The molecule has 0 bridgehead atoms. The minimum atomic E-state index is -0.310. The standard InChI is InChI=1S/C14H18BrFN4/c1-9(19-4-2-3-5-19)8-20-13-6-10(15)11(16)7-12(13)18-14(20)17/h6-7,9H,2-5,8H2,1H3,(H2,17,18). The second-order valence-corrected chi connectivity index (χ2v) is 6.28. The zero-order chi connectivity index (χ0) is 14.3. The summed E-state index contributed by atoms with van der Waals surface area (Å²) in [6.07, 6.45) is 2.53. The van der Waals surface area contributed by atoms with E-state index in [1.54, 1.807) is 6.07 Å². The summed E-state index contributed by atoms with van der Waals surface area (Å²) >= 11 is 3.22. The van der Waals surface area contributed by atoms with Gasteiger partial charge in [-0.3, -0.25) is 4.90 Å². The number of nitrogens with zero attached hydrogens (tertiary/aromatic N) is 3. The molecule has 1 aliphatic rings. The first-order valence-corrected chi connectivity index (χ1v) is 7.70. The zero-order valence-electron chi connectivity index (χ0n) is 11.4. The Morgan fingerprint density at radius 3 is 2.80 bits per heavy atom. The van der Waals surface area contributed by atoms with Gasteiger partial charge in [0.15, 0.2) is 0 Å². The lowest BCUT2D eigenvalue weighted by molar-refractivity contribution is 0.238. The van der Waals surface area contributed by atoms with Gasteiger partial charge >= 0.3 is 0 Å². The van der Waals surface area contributed by atoms with E-state index in [9.17, 15) is 4.39 Å². The van der Waals surface area contributed by atoms with Gasteiger partial charge in [-0.05, 0) is 54.9 Å². The van der Waals surface area contributed by atoms with Gasteiger partial charge in [0.25, 0.3) is 0 Å². The number of anilines is 1. The summed E-state index contributed by atoms with van der Waals surface area (Å²) in [5.74, 6) is 0.137. The van der Waals surface area contributed by atoms with E-state index in [-0.39, 0.29) is 5.82 Å². The fourth-order valence-electron chi connectivity index (χ4n) is 2.89. The highest BCUT2D eigenvalue weighted by Gasteiger charge is 2.20. The highest BCUT2D eigenvalue weighted by molar-refractivity contribution is 9.10. The molecule has 2 N–H and O–H groups in total. The number of hydrogen-bond acceptors (Lipinski definition) is 3. The van der Waals surface area contributed by atoms with Gasteiger partial charge < -0.3 is 10.3 Å². The van der Waals surface area contributed by atoms with E-state index in [0.717, 1.165) is 25.2 Å². The Kier molecular flexibility index (Phi) is 3.69. The molecule has 108 valence electrons. The lowest BCUT2D eigenvalue weighted by atomic mass is 10.2. The molecule has 1 aromatic heterocycles. The van der Waals surface area contributed by atoms with Crippen LogP contribution in [-0.4, -0.2) is 33.6 Å². The van der Waals surface area contributed by atoms with Crippen molar-refractivity contribution in [2.24, 2.45) is 0 Å². The summed E-state index contributed by atoms with van der Waals surface area (Å²) in [7, 11) is 0. The zero-order valence-corrected chi connectivity index (χ0v) is 13.0. The minimum absolute atomic E-state index is 0.310. The highest BCUT2D eigenvalue weighted by Crippen LogP contribution is 2.26. The lowest BCUT2D eigenvalue weighted by Crippen LogP contribution is -2.33. The van der Waals surface area contributed by atoms with Gasteiger partial charge in [0.2, 0.25) is 5.95 Å². The van der Waals surface area contributed by atoms with Crippen LogP contribution in [0.1, 0.15) is 19.8 Å². The van der Waals surface area contributed by atoms with Crippen LogP contribution in [0.5, 0.6) is 0 Å². The molecule has 1 fully saturated rings. The number of nitrogen functional groups attached to an aromatic ring is 1. The molecule has 6 heteroatoms. The van der Waals surface area contributed by atoms with E-state index >= 15 is 0 Å². The Hall–Kier alpha value is -1.14. The van der Waals surface area contributed by atoms with Gasteiger partial charge in [-0.2, -0.15) is 0 Å². The summed E-state index contributed by atoms with van der Waals surface area (Å²) in [5, 5.41) is 0. The number of benzene rings is 1. The number of fused-ring (bicyclic) bond motifs is 1. The van der Waals surface area contributed by atoms with Crippen molar-refractivity contribution in [2.75, 3.05) is 18.8 Å². The molecule has 0 amide bonds. The molecular weight excluding hydrogens is 323 g/mol. The van der Waals surface area contributed by atoms with Gasteiger partial charge in [-0.15, -0.1) is 0 Å². The van der Waals surface area contributed by atoms with Crippen molar-refractivity contribution in [3.8, 4) is 0 Å². The van der Waals surface area contributed by atoms with Crippen LogP contribution in [0.25, 0.3) is 11.0 Å². The normalized spacial score (nSPS) is 17.9. The maximum absolute atomic E-state index is 13.6. The Bertz CT molecular complexity index is 634. The number of nitrogens with two attached hydrogens (primary N) is 1. The van der Waals surface area contributed by atoms with Crippen molar-refractivity contribution >= 4 is 32.9 Å². The third-order valence-electron chi connectivity index (χ3n) is 4.03. The van der Waals surface area contributed by atoms with E-state index < -0.39 is 0 Å². The molecule has 1 atom stereocenters. The third kappa shape index (κ3) is 2.42. The van der Waals surface area contributed by atoms with Crippen molar-refractivity contribution in [3.63, 3.8) is 0 Å². The van der Waals surface area contributed by atoms with Crippen LogP contribution in [0, 0.1) is 5.82 Å². The Morgan fingerprint density at radius 1 is 1.40 bits per heavy atom. The molecule has 1 aliphatic heterocycles. The van der Waals surface area contributed by atoms with Gasteiger partial charge in [0.1, 0.15) is 5.82 Å². The highest BCUT2D eigenvalue weighted by atomic mass is 79.9. The number of imidazole rings is 1. The van der Waals surface area contributed by atoms with Crippen LogP contribution in [-0.2, 0) is 6.54 Å². The fourth-order valence-corrected chi connectivity index (χ4v) is 3.22. The molecule has 0 aliphatic carbocycles. The summed E-state index contributed by atoms with van der Waals surface area (Å²) in [6, 6.07) is 3.58. The van der Waals surface area contributed by atoms with Gasteiger partial charge in [-0.25, -0.2) is 9.37 Å². The monoisotopic (exact) mass is 340 g/mol. The molecule has 4 nitrogen and oxygen atoms in total. The molecule has 0 saturated carbocycles. The maximum Gasteiger partial charge on any atom is 0.201 e. The summed E-state index contributed by atoms with van der Waals surface area (Å²) < 4.78 is 16.0. The predicted octanol–water partition coefficient (Wildman–Crippen LogP) is 3.00. The molecule has 1 saturated heterocycles. The van der Waals surface area contributed by atoms with Gasteiger partial charge in [0, 0.05) is 18.7 Å². The molecule has 1 unspecified atom stereocenters. The Labute approximate surface area is 125 Å². The third-order valence-corrected chi connectivity index (χ3v) is 4.64. The van der Waals surface area contributed by atoms with E-state index in [0.29, 0.717) is 22.0 Å². The molecule has 3 rings (SSSR count). The van der Waals surface area contributed by atoms with Crippen LogP contribution in [0.4, 0.5) is 10.3 Å². The van der Waals surface area contributed by atoms with E-state index in [1.165, 1.54) is 18.9 Å². The fraction of sp³-hybridized carbons (Fsp3) is 0.500. The average molecular weight is 341 g/mol. The van der Waals surface area contributed by atoms with Crippen LogP contribution in [0.2, 0.25) is 0 Å². The molecule has 0 spiro atoms. The first-order chi connectivity index (χ1) is 9.56. The molecule has 0 radical (unpaired) electrons. The smallest absolute Gasteiger partial charge is 0.201 e. The van der Waals surface area contributed by atoms with E-state index in [4.69, 9.17) is 5.73 Å². The summed E-state index contributed by atoms with van der Waals surface area (Å²) in [5.41, 5.74) is 7.48. The second-order valence-electron chi connectivity index (χ2n) is 5.43. The van der Waals surface area contributed by atoms with Gasteiger partial charge in [0.05, 0.1) is 15.5 Å². The first kappa shape index (κ1) is 13.8. The van der Waals surface area contributed by atoms with Crippen molar-refractivity contribution in [1.82, 2.24) is 14.5 Å². The number of halogens is 2. The van der Waals surface area contributed by atoms with Crippen molar-refractivity contribution in [1.29, 1.82) is 0 Å². The second kappa shape index (κ2) is 5.33. The molecule has 20 heavy (non-hydrogen) atoms. The summed E-state index contributed by atoms with van der Waals surface area (Å²) in [4.78, 5) is 6.72. The van der Waals surface area contributed by atoms with Crippen LogP contribution in [0.15, 0.2) is 16.6 Å². The average Bonchev–Trinajstić information content (AvgIpc) is 3.01. The summed E-state index contributed by atoms with van der Waals surface area (Å²) in [6.45, 7) is 5.27. The number of aromatic nitrogens is 2. The number of likely N-dealkylation sites (tertiary alicyclic amines) is 1. The van der Waals surface area contributed by atoms with E-state index in [2.05, 4.69) is 32.7 Å². The largest absolute Gasteiger partial charge is 0.369 e. The van der Waals surface area contributed by atoms with Crippen LogP contribution < -0.4 is 5.73 Å². The minimum Gasteiger partial charge on any atom is -0.369 e. The Morgan fingerprint density at radius 2 is 2.10 bits per heavy atom. The molecule has 2 aromatic rings. The van der Waals surface area contributed by atoms with Crippen molar-refractivity contribution < 1.29 is 4.39 Å². The van der Waals surface area contributed by atoms with E-state index in [1.807, 2.05) is 4.57 Å². The molecule has 2 heterocycles. The van der Waals surface area contributed by atoms with Gasteiger partial charge in [-0.1, -0.05) is 0 Å². The van der Waals surface area contributed by atoms with Crippen LogP contribution in [0.3, 0.4) is 0 Å². The van der Waals surface area contributed by atoms with Crippen LogP contribution >= 0.6 is 15.9 Å². The van der Waals surface area contributed by atoms with Crippen molar-refractivity contribution in [3.05, 3.63) is 22.4 Å². The maximum atomic E-state index is 13.6. The first-order valence-electron chi connectivity index (χ1n) is 6.91. The lowest BCUT2D eigenvalue weighted by Gasteiger charge is -2.24. The molecule has 1 aromatic carbocycles. The number of rotatable bonds is 3. The predicted molar refractivity (Wildman–Crippen MR) is 82.1 cm³/mol. The SMILES string of the molecule is CC(Cn1c(N)nc2cc(F)c(Br)cc21)N1CCCC1. The quantitative estimate of drug-likeness (QED) is 0.934. The molecular formula is C14H18BrFN4. The Balaban J connectivity index is 1.94. The topological polar surface area (TPSA) is 47.1 Å². The number of hydrogen-bond donors (Lipinski definition) is 1. The van der Waals surface area contributed by atoms with Crippen molar-refractivity contribution in [2.45, 2.75) is 32.4 Å².